The second-order valence-corrected chi connectivity index (χ2v) is 6.61. The molecule has 4 heteroatoms. The van der Waals surface area contributed by atoms with Gasteiger partial charge in [-0.25, -0.2) is 0 Å². The first-order valence-corrected chi connectivity index (χ1v) is 8.05. The predicted octanol–water partition coefficient (Wildman–Crippen LogP) is 2.34. The van der Waals surface area contributed by atoms with Crippen LogP contribution in [0, 0.1) is 0 Å². The molecule has 2 aliphatic rings. The Balaban J connectivity index is 1.50. The fourth-order valence-electron chi connectivity index (χ4n) is 3.39. The zero-order valence-electron chi connectivity index (χ0n) is 12.0. The summed E-state index contributed by atoms with van der Waals surface area (Å²) in [6.45, 7) is 5.80. The molecule has 2 fully saturated rings. The van der Waals surface area contributed by atoms with Crippen molar-refractivity contribution in [3.05, 3.63) is 34.9 Å². The number of benzene rings is 1. The highest BCUT2D eigenvalue weighted by Gasteiger charge is 2.29. The average molecular weight is 294 g/mol. The summed E-state index contributed by atoms with van der Waals surface area (Å²) in [4.78, 5) is 5.20. The quantitative estimate of drug-likeness (QED) is 0.928. The number of rotatable bonds is 3. The number of piperidine rings is 1. The van der Waals surface area contributed by atoms with E-state index in [4.69, 9.17) is 17.3 Å². The molecule has 2 saturated heterocycles. The van der Waals surface area contributed by atoms with Crippen molar-refractivity contribution in [2.45, 2.75) is 37.9 Å². The Morgan fingerprint density at radius 2 is 1.75 bits per heavy atom. The van der Waals surface area contributed by atoms with Crippen LogP contribution in [0.1, 0.15) is 24.8 Å². The summed E-state index contributed by atoms with van der Waals surface area (Å²) in [5, 5.41) is 0.817. The van der Waals surface area contributed by atoms with Gasteiger partial charge in [0.25, 0.3) is 0 Å². The number of hydrogen-bond acceptors (Lipinski definition) is 3. The molecule has 1 aromatic rings. The number of nitrogens with zero attached hydrogens (tertiary/aromatic N) is 2. The summed E-state index contributed by atoms with van der Waals surface area (Å²) >= 11 is 5.93. The first kappa shape index (κ1) is 14.3. The van der Waals surface area contributed by atoms with Gasteiger partial charge in [-0.05, 0) is 50.0 Å². The Labute approximate surface area is 126 Å². The molecule has 20 heavy (non-hydrogen) atoms. The van der Waals surface area contributed by atoms with Crippen LogP contribution in [-0.2, 0) is 6.54 Å². The molecule has 0 aliphatic carbocycles. The first-order valence-electron chi connectivity index (χ1n) is 7.67. The van der Waals surface area contributed by atoms with Gasteiger partial charge in [0, 0.05) is 36.7 Å². The van der Waals surface area contributed by atoms with E-state index in [0.717, 1.165) is 30.5 Å². The van der Waals surface area contributed by atoms with Crippen LogP contribution < -0.4 is 5.73 Å². The minimum absolute atomic E-state index is 0.429. The molecule has 1 atom stereocenters. The van der Waals surface area contributed by atoms with Crippen molar-refractivity contribution < 1.29 is 0 Å². The molecule has 0 bridgehead atoms. The highest BCUT2D eigenvalue weighted by molar-refractivity contribution is 6.30. The number of halogens is 1. The maximum atomic E-state index is 5.99. The van der Waals surface area contributed by atoms with Crippen LogP contribution in [-0.4, -0.2) is 48.1 Å². The predicted molar refractivity (Wildman–Crippen MR) is 83.9 cm³/mol. The standard InChI is InChI=1S/C16H24ClN3/c17-14-3-1-13(2-4-14)11-19-8-7-16(12-19)20-9-5-15(18)6-10-20/h1-4,15-16H,5-12,18H2. The molecule has 0 amide bonds. The number of hydrogen-bond donors (Lipinski definition) is 1. The molecule has 2 aliphatic heterocycles. The first-order chi connectivity index (χ1) is 9.70. The van der Waals surface area contributed by atoms with E-state index in [0.29, 0.717) is 6.04 Å². The largest absolute Gasteiger partial charge is 0.328 e. The van der Waals surface area contributed by atoms with E-state index in [1.165, 1.54) is 38.2 Å². The van der Waals surface area contributed by atoms with Crippen LogP contribution in [0.2, 0.25) is 5.02 Å². The molecule has 3 nitrogen and oxygen atoms in total. The average Bonchev–Trinajstić information content (AvgIpc) is 2.91. The summed E-state index contributed by atoms with van der Waals surface area (Å²) in [6, 6.07) is 9.39. The minimum Gasteiger partial charge on any atom is -0.328 e. The second kappa shape index (κ2) is 6.44. The normalized spacial score (nSPS) is 26.2. The molecule has 0 spiro atoms. The zero-order valence-corrected chi connectivity index (χ0v) is 12.7. The molecule has 1 unspecified atom stereocenters. The Morgan fingerprint density at radius 3 is 2.45 bits per heavy atom. The molecule has 2 N–H and O–H groups in total. The van der Waals surface area contributed by atoms with E-state index in [2.05, 4.69) is 21.9 Å². The van der Waals surface area contributed by atoms with E-state index in [1.54, 1.807) is 0 Å². The van der Waals surface area contributed by atoms with Crippen LogP contribution in [0.3, 0.4) is 0 Å². The molecular weight excluding hydrogens is 270 g/mol. The number of nitrogens with two attached hydrogens (primary N) is 1. The van der Waals surface area contributed by atoms with Gasteiger partial charge in [-0.2, -0.15) is 0 Å². The summed E-state index contributed by atoms with van der Waals surface area (Å²) in [6.07, 6.45) is 3.62. The summed E-state index contributed by atoms with van der Waals surface area (Å²) in [5.74, 6) is 0. The van der Waals surface area contributed by atoms with Crippen LogP contribution >= 0.6 is 11.6 Å². The third kappa shape index (κ3) is 3.53. The molecular formula is C16H24ClN3. The lowest BCUT2D eigenvalue weighted by Gasteiger charge is -2.34. The minimum atomic E-state index is 0.429. The van der Waals surface area contributed by atoms with Gasteiger partial charge in [0.1, 0.15) is 0 Å². The summed E-state index contributed by atoms with van der Waals surface area (Å²) in [7, 11) is 0. The van der Waals surface area contributed by atoms with Crippen molar-refractivity contribution in [2.24, 2.45) is 5.73 Å². The maximum absolute atomic E-state index is 5.99. The van der Waals surface area contributed by atoms with Gasteiger partial charge in [-0.1, -0.05) is 23.7 Å². The van der Waals surface area contributed by atoms with Gasteiger partial charge >= 0.3 is 0 Å². The monoisotopic (exact) mass is 293 g/mol. The van der Waals surface area contributed by atoms with Gasteiger partial charge < -0.3 is 5.73 Å². The van der Waals surface area contributed by atoms with Crippen molar-refractivity contribution in [1.29, 1.82) is 0 Å². The van der Waals surface area contributed by atoms with Crippen molar-refractivity contribution in [3.8, 4) is 0 Å². The van der Waals surface area contributed by atoms with E-state index in [-0.39, 0.29) is 0 Å². The fourth-order valence-corrected chi connectivity index (χ4v) is 3.51. The Bertz CT molecular complexity index is 426. The Morgan fingerprint density at radius 1 is 1.05 bits per heavy atom. The smallest absolute Gasteiger partial charge is 0.0406 e. The second-order valence-electron chi connectivity index (χ2n) is 6.18. The van der Waals surface area contributed by atoms with Gasteiger partial charge in [-0.15, -0.1) is 0 Å². The third-order valence-corrected chi connectivity index (χ3v) is 4.91. The Hall–Kier alpha value is -0.610. The molecule has 2 heterocycles. The summed E-state index contributed by atoms with van der Waals surface area (Å²) < 4.78 is 0. The summed E-state index contributed by atoms with van der Waals surface area (Å²) in [5.41, 5.74) is 7.35. The molecule has 0 aromatic heterocycles. The van der Waals surface area contributed by atoms with Crippen molar-refractivity contribution in [2.75, 3.05) is 26.2 Å². The van der Waals surface area contributed by atoms with Gasteiger partial charge in [-0.3, -0.25) is 9.80 Å². The van der Waals surface area contributed by atoms with Crippen LogP contribution in [0.5, 0.6) is 0 Å². The Kier molecular flexibility index (Phi) is 4.61. The fraction of sp³-hybridized carbons (Fsp3) is 0.625. The highest BCUT2D eigenvalue weighted by atomic mass is 35.5. The van der Waals surface area contributed by atoms with Crippen LogP contribution in [0.4, 0.5) is 0 Å². The molecule has 1 aromatic carbocycles. The topological polar surface area (TPSA) is 32.5 Å². The lowest BCUT2D eigenvalue weighted by atomic mass is 10.0. The lowest BCUT2D eigenvalue weighted by Crippen LogP contribution is -2.46. The van der Waals surface area contributed by atoms with Crippen LogP contribution in [0.25, 0.3) is 0 Å². The lowest BCUT2D eigenvalue weighted by molar-refractivity contribution is 0.151. The SMILES string of the molecule is NC1CCN(C2CCN(Cc3ccc(Cl)cc3)C2)CC1. The maximum Gasteiger partial charge on any atom is 0.0406 e. The molecule has 3 rings (SSSR count). The van der Waals surface area contributed by atoms with Crippen molar-refractivity contribution >= 4 is 11.6 Å². The molecule has 0 radical (unpaired) electrons. The van der Waals surface area contributed by atoms with Crippen molar-refractivity contribution in [3.63, 3.8) is 0 Å². The third-order valence-electron chi connectivity index (χ3n) is 4.66. The van der Waals surface area contributed by atoms with Gasteiger partial charge in [0.15, 0.2) is 0 Å². The van der Waals surface area contributed by atoms with Crippen LogP contribution in [0.15, 0.2) is 24.3 Å². The van der Waals surface area contributed by atoms with Crippen molar-refractivity contribution in [1.82, 2.24) is 9.80 Å². The number of likely N-dealkylation sites (tertiary alicyclic amines) is 2. The van der Waals surface area contributed by atoms with Gasteiger partial charge in [0.05, 0.1) is 0 Å². The zero-order chi connectivity index (χ0) is 13.9. The highest BCUT2D eigenvalue weighted by Crippen LogP contribution is 2.21. The van der Waals surface area contributed by atoms with E-state index in [9.17, 15) is 0 Å². The van der Waals surface area contributed by atoms with E-state index in [1.807, 2.05) is 12.1 Å². The molecule has 110 valence electrons. The van der Waals surface area contributed by atoms with Gasteiger partial charge in [0.2, 0.25) is 0 Å². The van der Waals surface area contributed by atoms with E-state index >= 15 is 0 Å². The van der Waals surface area contributed by atoms with E-state index < -0.39 is 0 Å². The molecule has 0 saturated carbocycles.